The second-order valence-corrected chi connectivity index (χ2v) is 6.25. The van der Waals surface area contributed by atoms with Crippen LogP contribution in [0.25, 0.3) is 0 Å². The number of halogens is 1. The molecule has 5 heteroatoms. The molecule has 3 rings (SSSR count). The number of nitrogens with zero attached hydrogens (tertiary/aromatic N) is 1. The lowest BCUT2D eigenvalue weighted by Crippen LogP contribution is -2.18. The van der Waals surface area contributed by atoms with Crippen molar-refractivity contribution in [3.63, 3.8) is 0 Å². The van der Waals surface area contributed by atoms with E-state index in [0.717, 1.165) is 32.1 Å². The van der Waals surface area contributed by atoms with Gasteiger partial charge >= 0.3 is 0 Å². The Balaban J connectivity index is 2.04. The van der Waals surface area contributed by atoms with Crippen molar-refractivity contribution in [1.29, 1.82) is 5.26 Å². The van der Waals surface area contributed by atoms with Gasteiger partial charge in [0.2, 0.25) is 5.91 Å². The molecule has 128 valence electrons. The molecule has 0 aliphatic heterocycles. The van der Waals surface area contributed by atoms with Gasteiger partial charge in [0.1, 0.15) is 11.8 Å². The number of nitriles is 1. The van der Waals surface area contributed by atoms with E-state index in [0.29, 0.717) is 11.1 Å². The van der Waals surface area contributed by atoms with Gasteiger partial charge < -0.3 is 10.5 Å². The summed E-state index contributed by atoms with van der Waals surface area (Å²) in [5.41, 5.74) is 6.33. The number of carbonyl (C=O) groups is 1. The minimum atomic E-state index is -0.636. The normalized spacial score (nSPS) is 14.7. The Bertz CT molecular complexity index is 836. The Morgan fingerprint density at radius 1 is 1.12 bits per heavy atom. The monoisotopic (exact) mass is 338 g/mol. The summed E-state index contributed by atoms with van der Waals surface area (Å²) in [7, 11) is 0. The number of hydrogen-bond donors (Lipinski definition) is 1. The number of rotatable bonds is 4. The number of hydrogen-bond acceptors (Lipinski definition) is 3. The van der Waals surface area contributed by atoms with Crippen LogP contribution in [-0.4, -0.2) is 5.91 Å². The van der Waals surface area contributed by atoms with Crippen LogP contribution < -0.4 is 10.5 Å². The highest BCUT2D eigenvalue weighted by Crippen LogP contribution is 2.39. The van der Waals surface area contributed by atoms with Crippen molar-refractivity contribution in [3.05, 3.63) is 58.9 Å². The molecule has 0 heterocycles. The molecule has 0 radical (unpaired) electrons. The summed E-state index contributed by atoms with van der Waals surface area (Å²) < 4.78 is 20.8. The minimum Gasteiger partial charge on any atom is -0.453 e. The van der Waals surface area contributed by atoms with Crippen LogP contribution in [0.15, 0.2) is 36.4 Å². The summed E-state index contributed by atoms with van der Waals surface area (Å²) in [6.45, 7) is 0. The Morgan fingerprint density at radius 3 is 2.52 bits per heavy atom. The Kier molecular flexibility index (Phi) is 4.99. The first-order valence-corrected chi connectivity index (χ1v) is 8.41. The maximum atomic E-state index is 15.2. The second-order valence-electron chi connectivity index (χ2n) is 6.25. The van der Waals surface area contributed by atoms with Crippen molar-refractivity contribution in [2.75, 3.05) is 0 Å². The van der Waals surface area contributed by atoms with Gasteiger partial charge in [0.25, 0.3) is 0 Å². The molecule has 1 aliphatic rings. The summed E-state index contributed by atoms with van der Waals surface area (Å²) in [6, 6.07) is 11.6. The molecule has 2 aromatic carbocycles. The van der Waals surface area contributed by atoms with E-state index in [1.54, 1.807) is 24.3 Å². The average molecular weight is 338 g/mol. The summed E-state index contributed by atoms with van der Waals surface area (Å²) in [5, 5.41) is 9.16. The van der Waals surface area contributed by atoms with Crippen LogP contribution in [0.1, 0.15) is 59.5 Å². The largest absolute Gasteiger partial charge is 0.453 e. The van der Waals surface area contributed by atoms with Gasteiger partial charge in [-0.2, -0.15) is 5.26 Å². The lowest BCUT2D eigenvalue weighted by molar-refractivity contribution is 0.0998. The zero-order valence-electron chi connectivity index (χ0n) is 13.8. The summed E-state index contributed by atoms with van der Waals surface area (Å²) in [5.74, 6) is -0.941. The van der Waals surface area contributed by atoms with E-state index in [-0.39, 0.29) is 23.0 Å². The molecule has 0 unspecified atom stereocenters. The SMILES string of the molecule is N#Cc1ccccc1Oc1ccc(C(N)=O)c(C2CCCCC2)c1F. The molecule has 25 heavy (non-hydrogen) atoms. The van der Waals surface area contributed by atoms with E-state index in [1.807, 2.05) is 6.07 Å². The van der Waals surface area contributed by atoms with Crippen LogP contribution in [0, 0.1) is 17.1 Å². The number of ether oxygens (including phenoxy) is 1. The van der Waals surface area contributed by atoms with Crippen LogP contribution in [0.4, 0.5) is 4.39 Å². The van der Waals surface area contributed by atoms with E-state index in [2.05, 4.69) is 0 Å². The summed E-state index contributed by atoms with van der Waals surface area (Å²) in [6.07, 6.45) is 4.79. The number of carbonyl (C=O) groups excluding carboxylic acids is 1. The van der Waals surface area contributed by atoms with Crippen LogP contribution in [0.2, 0.25) is 0 Å². The molecule has 4 nitrogen and oxygen atoms in total. The quantitative estimate of drug-likeness (QED) is 0.882. The van der Waals surface area contributed by atoms with Gasteiger partial charge in [-0.05, 0) is 43.0 Å². The molecule has 0 spiro atoms. The van der Waals surface area contributed by atoms with Gasteiger partial charge in [0.15, 0.2) is 11.6 Å². The van der Waals surface area contributed by atoms with Gasteiger partial charge in [-0.1, -0.05) is 31.4 Å². The standard InChI is InChI=1S/C20H19FN2O2/c21-19-17(25-16-9-5-4-8-14(16)12-22)11-10-15(20(23)24)18(19)13-6-2-1-3-7-13/h4-5,8-11,13H,1-3,6-7H2,(H2,23,24). The minimum absolute atomic E-state index is 0.00766. The van der Waals surface area contributed by atoms with Crippen molar-refractivity contribution < 1.29 is 13.9 Å². The fraction of sp³-hybridized carbons (Fsp3) is 0.300. The molecule has 2 aromatic rings. The van der Waals surface area contributed by atoms with Gasteiger partial charge in [-0.25, -0.2) is 4.39 Å². The molecule has 0 saturated heterocycles. The van der Waals surface area contributed by atoms with E-state index < -0.39 is 11.7 Å². The van der Waals surface area contributed by atoms with Crippen LogP contribution >= 0.6 is 0 Å². The van der Waals surface area contributed by atoms with Crippen LogP contribution in [0.5, 0.6) is 11.5 Å². The number of amides is 1. The van der Waals surface area contributed by atoms with Crippen LogP contribution in [-0.2, 0) is 0 Å². The predicted molar refractivity (Wildman–Crippen MR) is 92.0 cm³/mol. The third-order valence-electron chi connectivity index (χ3n) is 4.65. The molecule has 0 bridgehead atoms. The maximum Gasteiger partial charge on any atom is 0.249 e. The third-order valence-corrected chi connectivity index (χ3v) is 4.65. The fourth-order valence-electron chi connectivity index (χ4n) is 3.42. The highest BCUT2D eigenvalue weighted by molar-refractivity contribution is 5.94. The molecular formula is C20H19FN2O2. The fourth-order valence-corrected chi connectivity index (χ4v) is 3.42. The molecule has 0 atom stereocenters. The molecule has 1 fully saturated rings. The molecular weight excluding hydrogens is 319 g/mol. The average Bonchev–Trinajstić information content (AvgIpc) is 2.64. The predicted octanol–water partition coefficient (Wildman–Crippen LogP) is 4.64. The number of para-hydroxylation sites is 1. The first kappa shape index (κ1) is 17.0. The van der Waals surface area contributed by atoms with Gasteiger partial charge in [0, 0.05) is 11.1 Å². The Labute approximate surface area is 146 Å². The van der Waals surface area contributed by atoms with E-state index >= 15 is 4.39 Å². The second kappa shape index (κ2) is 7.35. The van der Waals surface area contributed by atoms with Crippen molar-refractivity contribution in [2.45, 2.75) is 38.0 Å². The van der Waals surface area contributed by atoms with Crippen molar-refractivity contribution in [2.24, 2.45) is 5.73 Å². The van der Waals surface area contributed by atoms with Crippen molar-refractivity contribution in [3.8, 4) is 17.6 Å². The molecule has 1 amide bonds. The smallest absolute Gasteiger partial charge is 0.249 e. The third kappa shape index (κ3) is 3.48. The summed E-state index contributed by atoms with van der Waals surface area (Å²) >= 11 is 0. The topological polar surface area (TPSA) is 76.1 Å². The zero-order chi connectivity index (χ0) is 17.8. The van der Waals surface area contributed by atoms with E-state index in [9.17, 15) is 4.79 Å². The number of benzene rings is 2. The Morgan fingerprint density at radius 2 is 1.84 bits per heavy atom. The van der Waals surface area contributed by atoms with Crippen LogP contribution in [0.3, 0.4) is 0 Å². The number of nitrogens with two attached hydrogens (primary N) is 1. The number of primary amides is 1. The zero-order valence-corrected chi connectivity index (χ0v) is 13.8. The molecule has 0 aromatic heterocycles. The van der Waals surface area contributed by atoms with Gasteiger partial charge in [-0.3, -0.25) is 4.79 Å². The highest BCUT2D eigenvalue weighted by atomic mass is 19.1. The molecule has 1 aliphatic carbocycles. The van der Waals surface area contributed by atoms with Gasteiger partial charge in [-0.15, -0.1) is 0 Å². The van der Waals surface area contributed by atoms with Crippen molar-refractivity contribution in [1.82, 2.24) is 0 Å². The first-order chi connectivity index (χ1) is 12.1. The van der Waals surface area contributed by atoms with Gasteiger partial charge in [0.05, 0.1) is 5.56 Å². The molecule has 1 saturated carbocycles. The van der Waals surface area contributed by atoms with E-state index in [1.165, 1.54) is 12.1 Å². The maximum absolute atomic E-state index is 15.2. The lowest BCUT2D eigenvalue weighted by atomic mass is 9.81. The van der Waals surface area contributed by atoms with Crippen molar-refractivity contribution >= 4 is 5.91 Å². The first-order valence-electron chi connectivity index (χ1n) is 8.41. The summed E-state index contributed by atoms with van der Waals surface area (Å²) in [4.78, 5) is 11.8. The Hall–Kier alpha value is -2.87. The van der Waals surface area contributed by atoms with E-state index in [4.69, 9.17) is 15.7 Å². The lowest BCUT2D eigenvalue weighted by Gasteiger charge is -2.25. The highest BCUT2D eigenvalue weighted by Gasteiger charge is 2.26. The molecule has 2 N–H and O–H groups in total.